The lowest BCUT2D eigenvalue weighted by molar-refractivity contribution is -0.119. The molecule has 0 heterocycles. The predicted molar refractivity (Wildman–Crippen MR) is 86.5 cm³/mol. The Hall–Kier alpha value is -1.88. The van der Waals surface area contributed by atoms with Crippen molar-refractivity contribution in [2.45, 2.75) is 19.1 Å². The topological polar surface area (TPSA) is 69.6 Å². The van der Waals surface area contributed by atoms with Crippen molar-refractivity contribution in [2.75, 3.05) is 6.54 Å². The molecule has 0 aliphatic carbocycles. The van der Waals surface area contributed by atoms with Crippen LogP contribution in [0.15, 0.2) is 48.5 Å². The Kier molecular flexibility index (Phi) is 5.55. The molecule has 3 N–H and O–H groups in total. The summed E-state index contributed by atoms with van der Waals surface area (Å²) in [7, 11) is 0. The first-order chi connectivity index (χ1) is 10.5. The normalized spacial score (nSPS) is 13.5. The number of aliphatic hydroxyl groups excluding tert-OH is 2. The fourth-order valence-corrected chi connectivity index (χ4v) is 2.22. The number of rotatable bonds is 5. The van der Waals surface area contributed by atoms with E-state index in [0.29, 0.717) is 10.6 Å². The lowest BCUT2D eigenvalue weighted by Gasteiger charge is -2.18. The lowest BCUT2D eigenvalue weighted by atomic mass is 9.99. The second-order valence-corrected chi connectivity index (χ2v) is 5.51. The van der Waals surface area contributed by atoms with Crippen LogP contribution in [0.25, 0.3) is 11.1 Å². The summed E-state index contributed by atoms with van der Waals surface area (Å²) in [4.78, 5) is 10.8. The zero-order valence-corrected chi connectivity index (χ0v) is 12.9. The van der Waals surface area contributed by atoms with E-state index in [9.17, 15) is 15.0 Å². The molecule has 4 nitrogen and oxygen atoms in total. The third-order valence-corrected chi connectivity index (χ3v) is 3.61. The highest BCUT2D eigenvalue weighted by Gasteiger charge is 2.18. The van der Waals surface area contributed by atoms with E-state index in [4.69, 9.17) is 11.6 Å². The molecule has 0 fully saturated rings. The second kappa shape index (κ2) is 7.40. The van der Waals surface area contributed by atoms with Gasteiger partial charge in [0.05, 0.1) is 0 Å². The van der Waals surface area contributed by atoms with Crippen molar-refractivity contribution in [1.82, 2.24) is 5.32 Å². The molecule has 0 aromatic heterocycles. The van der Waals surface area contributed by atoms with Crippen LogP contribution in [-0.2, 0) is 4.79 Å². The van der Waals surface area contributed by atoms with E-state index in [1.165, 1.54) is 6.92 Å². The number of benzene rings is 2. The molecule has 0 aliphatic heterocycles. The minimum atomic E-state index is -1.05. The number of carbonyl (C=O) groups is 1. The molecule has 2 aromatic carbocycles. The Balaban J connectivity index is 2.07. The quantitative estimate of drug-likeness (QED) is 0.793. The van der Waals surface area contributed by atoms with Gasteiger partial charge in [0.1, 0.15) is 12.2 Å². The van der Waals surface area contributed by atoms with Crippen molar-refractivity contribution in [3.05, 3.63) is 59.1 Å². The van der Waals surface area contributed by atoms with Gasteiger partial charge in [-0.3, -0.25) is 4.79 Å². The number of carbonyl (C=O) groups excluding carboxylic acids is 1. The lowest BCUT2D eigenvalue weighted by Crippen LogP contribution is -2.34. The summed E-state index contributed by atoms with van der Waals surface area (Å²) < 4.78 is 0. The van der Waals surface area contributed by atoms with Crippen LogP contribution in [0, 0.1) is 0 Å². The molecule has 0 aliphatic rings. The molecule has 5 heteroatoms. The van der Waals surface area contributed by atoms with Crippen molar-refractivity contribution < 1.29 is 15.0 Å². The minimum absolute atomic E-state index is 0.00936. The van der Waals surface area contributed by atoms with Gasteiger partial charge in [-0.1, -0.05) is 48.0 Å². The first kappa shape index (κ1) is 16.5. The molecular formula is C17H18ClNO3. The highest BCUT2D eigenvalue weighted by Crippen LogP contribution is 2.24. The van der Waals surface area contributed by atoms with Gasteiger partial charge < -0.3 is 15.5 Å². The van der Waals surface area contributed by atoms with Crippen molar-refractivity contribution in [2.24, 2.45) is 0 Å². The summed E-state index contributed by atoms with van der Waals surface area (Å²) in [6, 6.07) is 14.7. The van der Waals surface area contributed by atoms with Gasteiger partial charge in [0.15, 0.2) is 0 Å². The fraction of sp³-hybridized carbons (Fsp3) is 0.235. The van der Waals surface area contributed by atoms with Gasteiger partial charge in [-0.05, 0) is 28.8 Å². The van der Waals surface area contributed by atoms with Crippen molar-refractivity contribution in [3.8, 4) is 11.1 Å². The molecular weight excluding hydrogens is 302 g/mol. The minimum Gasteiger partial charge on any atom is -0.388 e. The van der Waals surface area contributed by atoms with Crippen LogP contribution >= 0.6 is 11.6 Å². The number of halogens is 1. The van der Waals surface area contributed by atoms with Crippen LogP contribution in [0.5, 0.6) is 0 Å². The van der Waals surface area contributed by atoms with E-state index in [1.807, 2.05) is 36.4 Å². The Labute approximate surface area is 134 Å². The fourth-order valence-electron chi connectivity index (χ4n) is 2.10. The Morgan fingerprint density at radius 2 is 1.55 bits per heavy atom. The van der Waals surface area contributed by atoms with E-state index < -0.39 is 12.2 Å². The van der Waals surface area contributed by atoms with Crippen LogP contribution in [-0.4, -0.2) is 28.8 Å². The van der Waals surface area contributed by atoms with Crippen LogP contribution in [0.3, 0.4) is 0 Å². The number of amides is 1. The van der Waals surface area contributed by atoms with Gasteiger partial charge in [-0.2, -0.15) is 0 Å². The molecule has 2 atom stereocenters. The van der Waals surface area contributed by atoms with Crippen molar-refractivity contribution in [3.63, 3.8) is 0 Å². The van der Waals surface area contributed by atoms with Gasteiger partial charge in [-0.25, -0.2) is 0 Å². The first-order valence-electron chi connectivity index (χ1n) is 6.94. The number of nitrogens with one attached hydrogen (secondary N) is 1. The van der Waals surface area contributed by atoms with Gasteiger partial charge in [0, 0.05) is 18.5 Å². The molecule has 0 radical (unpaired) electrons. The maximum Gasteiger partial charge on any atom is 0.216 e. The zero-order chi connectivity index (χ0) is 16.1. The van der Waals surface area contributed by atoms with Crippen molar-refractivity contribution in [1.29, 1.82) is 0 Å². The third-order valence-electron chi connectivity index (χ3n) is 3.35. The highest BCUT2D eigenvalue weighted by molar-refractivity contribution is 6.30. The smallest absolute Gasteiger partial charge is 0.216 e. The molecule has 2 rings (SSSR count). The van der Waals surface area contributed by atoms with Crippen molar-refractivity contribution >= 4 is 17.5 Å². The largest absolute Gasteiger partial charge is 0.388 e. The molecule has 116 valence electrons. The van der Waals surface area contributed by atoms with Crippen LogP contribution in [0.2, 0.25) is 5.02 Å². The van der Waals surface area contributed by atoms with E-state index in [2.05, 4.69) is 5.32 Å². The average molecular weight is 320 g/mol. The van der Waals surface area contributed by atoms with Gasteiger partial charge >= 0.3 is 0 Å². The molecule has 22 heavy (non-hydrogen) atoms. The van der Waals surface area contributed by atoms with Crippen LogP contribution < -0.4 is 5.32 Å². The molecule has 1 amide bonds. The highest BCUT2D eigenvalue weighted by atomic mass is 35.5. The Bertz CT molecular complexity index is 625. The molecule has 2 unspecified atom stereocenters. The summed E-state index contributed by atoms with van der Waals surface area (Å²) in [6.45, 7) is 1.37. The zero-order valence-electron chi connectivity index (χ0n) is 12.2. The van der Waals surface area contributed by atoms with E-state index >= 15 is 0 Å². The number of hydrogen-bond acceptors (Lipinski definition) is 3. The SMILES string of the molecule is CC(=O)NCC(O)C(O)c1ccc(-c2ccc(Cl)cc2)cc1. The first-order valence-corrected chi connectivity index (χ1v) is 7.31. The van der Waals surface area contributed by atoms with Gasteiger partial charge in [-0.15, -0.1) is 0 Å². The third kappa shape index (κ3) is 4.31. The molecule has 0 bridgehead atoms. The van der Waals surface area contributed by atoms with Gasteiger partial charge in [0.2, 0.25) is 5.91 Å². The maximum absolute atomic E-state index is 10.8. The maximum atomic E-state index is 10.8. The summed E-state index contributed by atoms with van der Waals surface area (Å²) in [5, 5.41) is 23.1. The monoisotopic (exact) mass is 319 g/mol. The number of aliphatic hydroxyl groups is 2. The Morgan fingerprint density at radius 3 is 2.05 bits per heavy atom. The Morgan fingerprint density at radius 1 is 1.05 bits per heavy atom. The predicted octanol–water partition coefficient (Wildman–Crippen LogP) is 2.54. The summed E-state index contributed by atoms with van der Waals surface area (Å²) >= 11 is 5.86. The standard InChI is InChI=1S/C17H18ClNO3/c1-11(20)19-10-16(21)17(22)14-4-2-12(3-5-14)13-6-8-15(18)9-7-13/h2-9,16-17,21-22H,10H2,1H3,(H,19,20). The summed E-state index contributed by atoms with van der Waals surface area (Å²) in [6.07, 6.45) is -2.10. The molecule has 0 saturated heterocycles. The summed E-state index contributed by atoms with van der Waals surface area (Å²) in [5.74, 6) is -0.246. The molecule has 0 spiro atoms. The second-order valence-electron chi connectivity index (χ2n) is 5.08. The molecule has 0 saturated carbocycles. The van der Waals surface area contributed by atoms with E-state index in [1.54, 1.807) is 12.1 Å². The van der Waals surface area contributed by atoms with Gasteiger partial charge in [0.25, 0.3) is 0 Å². The van der Waals surface area contributed by atoms with E-state index in [-0.39, 0.29) is 12.5 Å². The molecule has 2 aromatic rings. The summed E-state index contributed by atoms with van der Waals surface area (Å²) in [5.41, 5.74) is 2.60. The average Bonchev–Trinajstić information content (AvgIpc) is 2.53. The number of hydrogen-bond donors (Lipinski definition) is 3. The van der Waals surface area contributed by atoms with Crippen LogP contribution in [0.4, 0.5) is 0 Å². The van der Waals surface area contributed by atoms with E-state index in [0.717, 1.165) is 11.1 Å². The van der Waals surface area contributed by atoms with Crippen LogP contribution in [0.1, 0.15) is 18.6 Å².